The maximum Gasteiger partial charge on any atom is 0.326 e. The van der Waals surface area contributed by atoms with Crippen LogP contribution in [0.2, 0.25) is 0 Å². The monoisotopic (exact) mass is 863 g/mol. The van der Waals surface area contributed by atoms with Gasteiger partial charge in [0.2, 0.25) is 35.4 Å². The third kappa shape index (κ3) is 12.4. The number of rotatable bonds is 11. The van der Waals surface area contributed by atoms with E-state index in [9.17, 15) is 48.6 Å². The highest BCUT2D eigenvalue weighted by atomic mass is 32.2. The van der Waals surface area contributed by atoms with E-state index in [-0.39, 0.29) is 49.7 Å². The molecule has 0 aromatic heterocycles. The van der Waals surface area contributed by atoms with E-state index >= 15 is 0 Å². The number of allylic oxidation sites excluding steroid dienone is 1. The SMILES string of the molecule is CC[C@H](C)[C@@H]1NC(=O)CCC(=O)[C@H](N)CC2=C(Cc3cc(OCc4ccccc4)ccc32)SC[C@H](C(=O)N[C@@H](CC(N)=O)C(=O)N2C[C@H](O)C[C@H]2C(=O)O)NC(=O)CNC1=O. The lowest BCUT2D eigenvalue weighted by Crippen LogP contribution is -2.58. The number of carbonyl (C=O) groups is 8. The molecule has 61 heavy (non-hydrogen) atoms. The molecule has 328 valence electrons. The number of aliphatic hydroxyl groups is 1. The number of likely N-dealkylation sites (tertiary alicyclic amines) is 1. The summed E-state index contributed by atoms with van der Waals surface area (Å²) in [5.74, 6) is -6.60. The van der Waals surface area contributed by atoms with Gasteiger partial charge in [-0.2, -0.15) is 0 Å². The highest BCUT2D eigenvalue weighted by Crippen LogP contribution is 2.42. The lowest BCUT2D eigenvalue weighted by atomic mass is 9.95. The largest absolute Gasteiger partial charge is 0.489 e. The van der Waals surface area contributed by atoms with Gasteiger partial charge in [-0.15, -0.1) is 11.8 Å². The van der Waals surface area contributed by atoms with Crippen LogP contribution >= 0.6 is 11.8 Å². The quantitative estimate of drug-likeness (QED) is 0.147. The van der Waals surface area contributed by atoms with Crippen LogP contribution < -0.4 is 37.5 Å². The second kappa shape index (κ2) is 21.1. The van der Waals surface area contributed by atoms with Crippen molar-refractivity contribution in [1.82, 2.24) is 26.2 Å². The number of amides is 6. The van der Waals surface area contributed by atoms with Gasteiger partial charge in [-0.25, -0.2) is 4.79 Å². The second-order valence-corrected chi connectivity index (χ2v) is 16.6. The number of ether oxygens (including phenoxy) is 1. The number of carbonyl (C=O) groups excluding carboxylic acids is 7. The Morgan fingerprint density at radius 3 is 2.46 bits per heavy atom. The van der Waals surface area contributed by atoms with Crippen molar-refractivity contribution in [2.24, 2.45) is 17.4 Å². The number of fused-ring (bicyclic) bond motifs is 2. The first kappa shape index (κ1) is 46.3. The van der Waals surface area contributed by atoms with E-state index in [1.165, 1.54) is 11.8 Å². The normalized spacial score (nSPS) is 23.9. The molecule has 5 rings (SSSR count). The van der Waals surface area contributed by atoms with Crippen molar-refractivity contribution in [2.75, 3.05) is 18.8 Å². The van der Waals surface area contributed by atoms with E-state index in [2.05, 4.69) is 21.3 Å². The summed E-state index contributed by atoms with van der Waals surface area (Å²) >= 11 is 1.18. The van der Waals surface area contributed by atoms with Gasteiger partial charge < -0.3 is 52.6 Å². The predicted molar refractivity (Wildman–Crippen MR) is 223 cm³/mol. The number of aliphatic hydroxyl groups excluding tert-OH is 1. The number of hydrogen-bond donors (Lipinski definition) is 8. The minimum atomic E-state index is -1.66. The zero-order chi connectivity index (χ0) is 44.4. The summed E-state index contributed by atoms with van der Waals surface area (Å²) < 4.78 is 6.07. The van der Waals surface area contributed by atoms with Crippen LogP contribution in [-0.4, -0.2) is 117 Å². The minimum Gasteiger partial charge on any atom is -0.489 e. The van der Waals surface area contributed by atoms with Crippen molar-refractivity contribution in [3.8, 4) is 5.75 Å². The third-order valence-electron chi connectivity index (χ3n) is 11.0. The number of carboxylic acid groups (broad SMARTS) is 1. The first-order chi connectivity index (χ1) is 29.0. The van der Waals surface area contributed by atoms with Gasteiger partial charge >= 0.3 is 5.97 Å². The molecule has 0 bridgehead atoms. The Morgan fingerprint density at radius 1 is 1.03 bits per heavy atom. The van der Waals surface area contributed by atoms with Gasteiger partial charge in [0, 0.05) is 38.0 Å². The predicted octanol–water partition coefficient (Wildman–Crippen LogP) is -0.115. The third-order valence-corrected chi connectivity index (χ3v) is 12.2. The van der Waals surface area contributed by atoms with Crippen LogP contribution in [0, 0.1) is 5.92 Å². The molecular formula is C42H53N7O11S. The molecule has 3 aliphatic rings. The number of nitrogens with one attached hydrogen (secondary N) is 4. The van der Waals surface area contributed by atoms with Gasteiger partial charge in [-0.3, -0.25) is 33.6 Å². The van der Waals surface area contributed by atoms with E-state index in [1.54, 1.807) is 13.0 Å². The Bertz CT molecular complexity index is 2050. The molecule has 18 nitrogen and oxygen atoms in total. The molecule has 1 fully saturated rings. The molecule has 7 atom stereocenters. The molecule has 0 unspecified atom stereocenters. The van der Waals surface area contributed by atoms with Crippen LogP contribution in [0.25, 0.3) is 5.57 Å². The second-order valence-electron chi connectivity index (χ2n) is 15.5. The van der Waals surface area contributed by atoms with Gasteiger partial charge in [0.1, 0.15) is 42.3 Å². The molecule has 0 spiro atoms. The number of β-amino-alcohol motifs (C(OH)–C–C–N with tert-alkyl or cyclic N) is 1. The van der Waals surface area contributed by atoms with E-state index in [0.717, 1.165) is 21.6 Å². The molecule has 0 radical (unpaired) electrons. The van der Waals surface area contributed by atoms with Crippen molar-refractivity contribution < 1.29 is 53.3 Å². The molecule has 1 saturated heterocycles. The number of primary amides is 1. The Labute approximate surface area is 356 Å². The topological polar surface area (TPSA) is 290 Å². The summed E-state index contributed by atoms with van der Waals surface area (Å²) in [7, 11) is 0. The van der Waals surface area contributed by atoms with Gasteiger partial charge in [-0.1, -0.05) is 56.7 Å². The Kier molecular flexibility index (Phi) is 16.0. The van der Waals surface area contributed by atoms with Crippen LogP contribution in [0.4, 0.5) is 0 Å². The van der Waals surface area contributed by atoms with Crippen LogP contribution in [-0.2, 0) is 51.4 Å². The molecule has 0 saturated carbocycles. The number of Topliss-reactive ketones (excluding diaryl/α,β-unsaturated/α-hetero) is 1. The molecule has 2 aliphatic heterocycles. The van der Waals surface area contributed by atoms with Gasteiger partial charge in [0.05, 0.1) is 25.1 Å². The van der Waals surface area contributed by atoms with E-state index in [4.69, 9.17) is 16.2 Å². The average molecular weight is 864 g/mol. The summed E-state index contributed by atoms with van der Waals surface area (Å²) in [4.78, 5) is 107. The molecule has 10 N–H and O–H groups in total. The molecule has 2 aromatic carbocycles. The smallest absolute Gasteiger partial charge is 0.326 e. The van der Waals surface area contributed by atoms with E-state index in [0.29, 0.717) is 35.7 Å². The van der Waals surface area contributed by atoms with Crippen molar-refractivity contribution in [3.63, 3.8) is 0 Å². The van der Waals surface area contributed by atoms with E-state index < -0.39 is 90.7 Å². The highest BCUT2D eigenvalue weighted by molar-refractivity contribution is 8.03. The number of nitrogens with zero attached hydrogens (tertiary/aromatic N) is 1. The lowest BCUT2D eigenvalue weighted by molar-refractivity contribution is -0.149. The number of carboxylic acids is 1. The Hall–Kier alpha value is -5.79. The summed E-state index contributed by atoms with van der Waals surface area (Å²) in [5.41, 5.74) is 15.3. The summed E-state index contributed by atoms with van der Waals surface area (Å²) in [5, 5.41) is 30.1. The molecule has 2 aromatic rings. The number of thioether (sulfide) groups is 1. The Morgan fingerprint density at radius 2 is 1.77 bits per heavy atom. The fourth-order valence-corrected chi connectivity index (χ4v) is 8.62. The first-order valence-electron chi connectivity index (χ1n) is 20.1. The number of ketones is 1. The standard InChI is InChI=1S/C42H53N7O11S/c1-3-22(2)38-40(56)45-18-37(54)46-31(39(55)47-30(17-35(44)52)41(57)49-19-25(50)15-32(49)42(58)59)21-61-34-14-24-13-26(60-20-23-7-5-4-6-8-23)9-10-27(24)28(34)16-29(43)33(51)11-12-36(53)48-38/h4-10,13,22,25,29-32,38,50H,3,11-12,14-21,43H2,1-2H3,(H2,44,52)(H,45,56)(H,46,54)(H,47,55)(H,48,53)(H,58,59)/t22-,25+,29+,30-,31+,32-,38-/m0/s1. The van der Waals surface area contributed by atoms with Crippen molar-refractivity contribution in [3.05, 3.63) is 70.1 Å². The number of benzene rings is 2. The van der Waals surface area contributed by atoms with Gasteiger partial charge in [0.25, 0.3) is 0 Å². The fourth-order valence-electron chi connectivity index (χ4n) is 7.39. The highest BCUT2D eigenvalue weighted by Gasteiger charge is 2.42. The summed E-state index contributed by atoms with van der Waals surface area (Å²) in [6, 6.07) is 8.56. The van der Waals surface area contributed by atoms with Crippen LogP contribution in [0.1, 0.15) is 69.1 Å². The lowest BCUT2D eigenvalue weighted by Gasteiger charge is -2.28. The van der Waals surface area contributed by atoms with Gasteiger partial charge in [0.15, 0.2) is 0 Å². The fraction of sp³-hybridized carbons (Fsp3) is 0.476. The van der Waals surface area contributed by atoms with E-state index in [1.807, 2.05) is 49.4 Å². The molecule has 1 aliphatic carbocycles. The number of aliphatic carboxylic acids is 1. The maximum absolute atomic E-state index is 14.1. The maximum atomic E-state index is 14.1. The van der Waals surface area contributed by atoms with Crippen LogP contribution in [0.15, 0.2) is 53.4 Å². The minimum absolute atomic E-state index is 0.0722. The molecule has 19 heteroatoms. The van der Waals surface area contributed by atoms with Crippen LogP contribution in [0.5, 0.6) is 5.75 Å². The Balaban J connectivity index is 1.46. The van der Waals surface area contributed by atoms with Crippen molar-refractivity contribution in [1.29, 1.82) is 0 Å². The number of hydrogen-bond acceptors (Lipinski definition) is 12. The van der Waals surface area contributed by atoms with Crippen molar-refractivity contribution in [2.45, 2.75) is 102 Å². The first-order valence-corrected chi connectivity index (χ1v) is 21.1. The summed E-state index contributed by atoms with van der Waals surface area (Å²) in [6.07, 6.45) is -1.65. The van der Waals surface area contributed by atoms with Crippen molar-refractivity contribution >= 4 is 64.5 Å². The average Bonchev–Trinajstić information content (AvgIpc) is 3.80. The van der Waals surface area contributed by atoms with Crippen LogP contribution in [0.3, 0.4) is 0 Å². The number of nitrogens with two attached hydrogens (primary N) is 2. The zero-order valence-corrected chi connectivity index (χ0v) is 34.8. The molecular weight excluding hydrogens is 811 g/mol. The molecule has 2 heterocycles. The van der Waals surface area contributed by atoms with Gasteiger partial charge in [-0.05, 0) is 51.6 Å². The molecule has 6 amide bonds. The summed E-state index contributed by atoms with van der Waals surface area (Å²) in [6.45, 7) is 2.90. The zero-order valence-electron chi connectivity index (χ0n) is 34.0.